The molecule has 0 amide bonds. The van der Waals surface area contributed by atoms with Gasteiger partial charge in [-0.1, -0.05) is 18.2 Å². The molecule has 22 heavy (non-hydrogen) atoms. The van der Waals surface area contributed by atoms with Crippen molar-refractivity contribution in [2.45, 2.75) is 13.5 Å². The fraction of sp³-hybridized carbons (Fsp3) is 0.176. The minimum absolute atomic E-state index is 0.258. The summed E-state index contributed by atoms with van der Waals surface area (Å²) in [5, 5.41) is 10.4. The van der Waals surface area contributed by atoms with E-state index < -0.39 is 5.97 Å². The summed E-state index contributed by atoms with van der Waals surface area (Å²) < 4.78 is 6.98. The summed E-state index contributed by atoms with van der Waals surface area (Å²) in [6, 6.07) is 11.1. The van der Waals surface area contributed by atoms with E-state index in [2.05, 4.69) is 4.98 Å². The first-order valence-corrected chi connectivity index (χ1v) is 6.91. The minimum atomic E-state index is -0.946. The first-order valence-electron chi connectivity index (χ1n) is 6.91. The van der Waals surface area contributed by atoms with Crippen LogP contribution in [0, 0.1) is 6.92 Å². The zero-order valence-electron chi connectivity index (χ0n) is 12.4. The van der Waals surface area contributed by atoms with E-state index in [-0.39, 0.29) is 5.69 Å². The van der Waals surface area contributed by atoms with Gasteiger partial charge in [-0.05, 0) is 24.6 Å². The Morgan fingerprint density at radius 1 is 1.32 bits per heavy atom. The molecule has 1 N–H and O–H groups in total. The van der Waals surface area contributed by atoms with Crippen molar-refractivity contribution in [1.29, 1.82) is 0 Å². The average molecular weight is 296 g/mol. The zero-order valence-corrected chi connectivity index (χ0v) is 12.4. The maximum absolute atomic E-state index is 11.6. The molecule has 0 saturated carbocycles. The van der Waals surface area contributed by atoms with Crippen molar-refractivity contribution in [3.05, 3.63) is 59.5 Å². The van der Waals surface area contributed by atoms with Crippen LogP contribution in [0.3, 0.4) is 0 Å². The lowest BCUT2D eigenvalue weighted by atomic mass is 10.1. The van der Waals surface area contributed by atoms with Crippen molar-refractivity contribution in [1.82, 2.24) is 9.55 Å². The molecule has 112 valence electrons. The van der Waals surface area contributed by atoms with Gasteiger partial charge >= 0.3 is 5.97 Å². The lowest BCUT2D eigenvalue weighted by Gasteiger charge is -2.10. The molecule has 0 atom stereocenters. The second-order valence-corrected chi connectivity index (χ2v) is 5.12. The van der Waals surface area contributed by atoms with Gasteiger partial charge in [0.2, 0.25) is 0 Å². The summed E-state index contributed by atoms with van der Waals surface area (Å²) >= 11 is 0. The highest BCUT2D eigenvalue weighted by atomic mass is 16.5. The van der Waals surface area contributed by atoms with Crippen LogP contribution in [0.4, 0.5) is 0 Å². The fourth-order valence-corrected chi connectivity index (χ4v) is 2.69. The number of aromatic carboxylic acids is 1. The summed E-state index contributed by atoms with van der Waals surface area (Å²) in [5.74, 6) is -0.242. The van der Waals surface area contributed by atoms with Crippen molar-refractivity contribution >= 4 is 16.9 Å². The lowest BCUT2D eigenvalue weighted by molar-refractivity contribution is 0.0686. The van der Waals surface area contributed by atoms with E-state index in [0.29, 0.717) is 12.3 Å². The number of aromatic nitrogens is 2. The fourth-order valence-electron chi connectivity index (χ4n) is 2.69. The molecular formula is C17H16N2O3. The number of aryl methyl sites for hydroxylation is 1. The van der Waals surface area contributed by atoms with Gasteiger partial charge in [-0.25, -0.2) is 4.79 Å². The molecule has 3 rings (SSSR count). The maximum Gasteiger partial charge on any atom is 0.352 e. The molecule has 5 nitrogen and oxygen atoms in total. The molecule has 0 unspecified atom stereocenters. The number of hydrogen-bond donors (Lipinski definition) is 1. The van der Waals surface area contributed by atoms with Crippen LogP contribution in [0.2, 0.25) is 0 Å². The monoisotopic (exact) mass is 296 g/mol. The number of carboxylic acid groups (broad SMARTS) is 1. The molecule has 0 fully saturated rings. The van der Waals surface area contributed by atoms with E-state index in [1.54, 1.807) is 30.0 Å². The molecule has 2 aromatic heterocycles. The summed E-state index contributed by atoms with van der Waals surface area (Å²) in [4.78, 5) is 15.9. The summed E-state index contributed by atoms with van der Waals surface area (Å²) in [6.07, 6.45) is 1.66. The first-order chi connectivity index (χ1) is 10.6. The van der Waals surface area contributed by atoms with Gasteiger partial charge in [-0.15, -0.1) is 0 Å². The zero-order chi connectivity index (χ0) is 15.7. The lowest BCUT2D eigenvalue weighted by Crippen LogP contribution is -2.10. The smallest absolute Gasteiger partial charge is 0.352 e. The van der Waals surface area contributed by atoms with Gasteiger partial charge in [0.25, 0.3) is 0 Å². The molecule has 0 aliphatic heterocycles. The largest absolute Gasteiger partial charge is 0.497 e. The standard InChI is InChI=1S/C17H16N2O3/c1-11-4-3-5-12-8-15(17(20)21)19(16(11)12)10-13-9-14(22-2)6-7-18-13/h3-9H,10H2,1-2H3,(H,20,21). The molecule has 0 bridgehead atoms. The maximum atomic E-state index is 11.6. The third-order valence-corrected chi connectivity index (χ3v) is 3.68. The number of para-hydroxylation sites is 1. The molecule has 1 aromatic carbocycles. The number of ether oxygens (including phenoxy) is 1. The summed E-state index contributed by atoms with van der Waals surface area (Å²) in [6.45, 7) is 2.36. The van der Waals surface area contributed by atoms with E-state index in [9.17, 15) is 9.90 Å². The number of pyridine rings is 1. The van der Waals surface area contributed by atoms with Gasteiger partial charge in [0.15, 0.2) is 0 Å². The SMILES string of the molecule is COc1ccnc(Cn2c(C(=O)O)cc3cccc(C)c32)c1. The molecule has 0 spiro atoms. The van der Waals surface area contributed by atoms with Gasteiger partial charge in [0, 0.05) is 17.6 Å². The molecule has 0 radical (unpaired) electrons. The predicted octanol–water partition coefficient (Wildman–Crippen LogP) is 3.10. The number of fused-ring (bicyclic) bond motifs is 1. The highest BCUT2D eigenvalue weighted by Gasteiger charge is 2.16. The third kappa shape index (κ3) is 2.41. The van der Waals surface area contributed by atoms with Crippen molar-refractivity contribution in [3.8, 4) is 5.75 Å². The first kappa shape index (κ1) is 14.1. The van der Waals surface area contributed by atoms with Crippen LogP contribution in [0.15, 0.2) is 42.6 Å². The predicted molar refractivity (Wildman–Crippen MR) is 83.5 cm³/mol. The molecule has 2 heterocycles. The van der Waals surface area contributed by atoms with Crippen molar-refractivity contribution in [2.24, 2.45) is 0 Å². The van der Waals surface area contributed by atoms with E-state index in [1.807, 2.05) is 31.2 Å². The minimum Gasteiger partial charge on any atom is -0.497 e. The van der Waals surface area contributed by atoms with E-state index in [0.717, 1.165) is 22.2 Å². The van der Waals surface area contributed by atoms with Crippen LogP contribution in [0.5, 0.6) is 5.75 Å². The Labute approximate surface area is 127 Å². The number of carbonyl (C=O) groups is 1. The van der Waals surface area contributed by atoms with Crippen LogP contribution >= 0.6 is 0 Å². The number of methoxy groups -OCH3 is 1. The van der Waals surface area contributed by atoms with Crippen molar-refractivity contribution in [2.75, 3.05) is 7.11 Å². The number of hydrogen-bond acceptors (Lipinski definition) is 3. The van der Waals surface area contributed by atoms with Gasteiger partial charge in [-0.2, -0.15) is 0 Å². The Hall–Kier alpha value is -2.82. The second kappa shape index (κ2) is 5.52. The number of nitrogens with zero attached hydrogens (tertiary/aromatic N) is 2. The molecular weight excluding hydrogens is 280 g/mol. The molecule has 5 heteroatoms. The number of rotatable bonds is 4. The molecule has 0 saturated heterocycles. The summed E-state index contributed by atoms with van der Waals surface area (Å²) in [5.41, 5.74) is 2.97. The van der Waals surface area contributed by atoms with Crippen LogP contribution in [-0.4, -0.2) is 27.7 Å². The van der Waals surface area contributed by atoms with Crippen molar-refractivity contribution < 1.29 is 14.6 Å². The third-order valence-electron chi connectivity index (χ3n) is 3.68. The summed E-state index contributed by atoms with van der Waals surface area (Å²) in [7, 11) is 1.59. The van der Waals surface area contributed by atoms with Crippen LogP contribution in [0.1, 0.15) is 21.7 Å². The van der Waals surface area contributed by atoms with E-state index in [1.165, 1.54) is 0 Å². The van der Waals surface area contributed by atoms with E-state index >= 15 is 0 Å². The highest BCUT2D eigenvalue weighted by Crippen LogP contribution is 2.24. The van der Waals surface area contributed by atoms with Gasteiger partial charge < -0.3 is 14.4 Å². The number of benzene rings is 1. The number of carboxylic acids is 1. The average Bonchev–Trinajstić information content (AvgIpc) is 2.88. The van der Waals surface area contributed by atoms with E-state index in [4.69, 9.17) is 4.74 Å². The molecule has 3 aromatic rings. The van der Waals surface area contributed by atoms with Gasteiger partial charge in [0.1, 0.15) is 11.4 Å². The Bertz CT molecular complexity index is 852. The second-order valence-electron chi connectivity index (χ2n) is 5.12. The van der Waals surface area contributed by atoms with Crippen LogP contribution in [-0.2, 0) is 6.54 Å². The topological polar surface area (TPSA) is 64.4 Å². The van der Waals surface area contributed by atoms with Crippen molar-refractivity contribution in [3.63, 3.8) is 0 Å². The molecule has 0 aliphatic carbocycles. The molecule has 0 aliphatic rings. The Kier molecular flexibility index (Phi) is 3.55. The Morgan fingerprint density at radius 2 is 2.14 bits per heavy atom. The quantitative estimate of drug-likeness (QED) is 0.803. The Morgan fingerprint density at radius 3 is 2.86 bits per heavy atom. The van der Waals surface area contributed by atoms with Crippen LogP contribution < -0.4 is 4.74 Å². The van der Waals surface area contributed by atoms with Crippen LogP contribution in [0.25, 0.3) is 10.9 Å². The highest BCUT2D eigenvalue weighted by molar-refractivity contribution is 5.95. The normalized spacial score (nSPS) is 10.8. The van der Waals surface area contributed by atoms with Gasteiger partial charge in [-0.3, -0.25) is 4.98 Å². The van der Waals surface area contributed by atoms with Gasteiger partial charge in [0.05, 0.1) is 24.9 Å². The Balaban J connectivity index is 2.15.